The lowest BCUT2D eigenvalue weighted by molar-refractivity contribution is -0.141. The standard InChI is InChI=1S/C14H17BrO2S/c15-10-6-8-11(9-7-10)18-13-5-3-1-2-4-12(13)14(16)17/h6-9,12-13H,1-5H2,(H,16,17). The summed E-state index contributed by atoms with van der Waals surface area (Å²) in [4.78, 5) is 12.5. The van der Waals surface area contributed by atoms with Crippen LogP contribution in [0.3, 0.4) is 0 Å². The summed E-state index contributed by atoms with van der Waals surface area (Å²) in [7, 11) is 0. The Morgan fingerprint density at radius 1 is 1.17 bits per heavy atom. The monoisotopic (exact) mass is 328 g/mol. The summed E-state index contributed by atoms with van der Waals surface area (Å²) in [6.45, 7) is 0. The molecule has 0 aromatic heterocycles. The van der Waals surface area contributed by atoms with Gasteiger partial charge in [-0.1, -0.05) is 35.2 Å². The second kappa shape index (κ2) is 6.62. The largest absolute Gasteiger partial charge is 0.481 e. The Morgan fingerprint density at radius 2 is 1.83 bits per heavy atom. The summed E-state index contributed by atoms with van der Waals surface area (Å²) in [6.07, 6.45) is 5.20. The van der Waals surface area contributed by atoms with Crippen LogP contribution >= 0.6 is 27.7 Å². The van der Waals surface area contributed by atoms with E-state index in [2.05, 4.69) is 28.1 Å². The molecule has 0 spiro atoms. The molecule has 0 amide bonds. The number of aliphatic carboxylic acids is 1. The minimum Gasteiger partial charge on any atom is -0.481 e. The lowest BCUT2D eigenvalue weighted by Gasteiger charge is -2.20. The third-order valence-electron chi connectivity index (χ3n) is 3.37. The SMILES string of the molecule is O=C(O)C1CCCCCC1Sc1ccc(Br)cc1. The van der Waals surface area contributed by atoms with E-state index in [9.17, 15) is 9.90 Å². The molecule has 0 heterocycles. The summed E-state index contributed by atoms with van der Waals surface area (Å²) in [6, 6.07) is 8.13. The molecular formula is C14H17BrO2S. The van der Waals surface area contributed by atoms with E-state index in [0.717, 1.165) is 35.1 Å². The molecular weight excluding hydrogens is 312 g/mol. The van der Waals surface area contributed by atoms with Gasteiger partial charge in [0.25, 0.3) is 0 Å². The van der Waals surface area contributed by atoms with E-state index < -0.39 is 5.97 Å². The number of rotatable bonds is 3. The van der Waals surface area contributed by atoms with Gasteiger partial charge in [0, 0.05) is 14.6 Å². The number of thioether (sulfide) groups is 1. The average Bonchev–Trinajstić information content (AvgIpc) is 2.57. The van der Waals surface area contributed by atoms with Crippen molar-refractivity contribution in [1.29, 1.82) is 0 Å². The van der Waals surface area contributed by atoms with Crippen LogP contribution in [-0.4, -0.2) is 16.3 Å². The van der Waals surface area contributed by atoms with Gasteiger partial charge in [0.2, 0.25) is 0 Å². The first kappa shape index (κ1) is 13.9. The highest BCUT2D eigenvalue weighted by molar-refractivity contribution is 9.10. The van der Waals surface area contributed by atoms with Crippen molar-refractivity contribution in [1.82, 2.24) is 0 Å². The minimum atomic E-state index is -0.633. The van der Waals surface area contributed by atoms with Crippen LogP contribution in [-0.2, 0) is 4.79 Å². The molecule has 0 radical (unpaired) electrons. The van der Waals surface area contributed by atoms with E-state index in [4.69, 9.17) is 0 Å². The predicted molar refractivity (Wildman–Crippen MR) is 78.0 cm³/mol. The maximum absolute atomic E-state index is 11.3. The minimum absolute atomic E-state index is 0.193. The smallest absolute Gasteiger partial charge is 0.307 e. The van der Waals surface area contributed by atoms with Gasteiger partial charge in [-0.15, -0.1) is 11.8 Å². The first-order valence-corrected chi connectivity index (χ1v) is 7.99. The van der Waals surface area contributed by atoms with Gasteiger partial charge >= 0.3 is 5.97 Å². The van der Waals surface area contributed by atoms with E-state index in [-0.39, 0.29) is 11.2 Å². The van der Waals surface area contributed by atoms with Crippen molar-refractivity contribution >= 4 is 33.7 Å². The van der Waals surface area contributed by atoms with Gasteiger partial charge in [0.1, 0.15) is 0 Å². The van der Waals surface area contributed by atoms with Gasteiger partial charge in [-0.2, -0.15) is 0 Å². The highest BCUT2D eigenvalue weighted by atomic mass is 79.9. The molecule has 4 heteroatoms. The fourth-order valence-electron chi connectivity index (χ4n) is 2.39. The topological polar surface area (TPSA) is 37.3 Å². The highest BCUT2D eigenvalue weighted by Gasteiger charge is 2.30. The summed E-state index contributed by atoms with van der Waals surface area (Å²) in [5, 5.41) is 9.55. The van der Waals surface area contributed by atoms with Gasteiger partial charge in [0.15, 0.2) is 0 Å². The van der Waals surface area contributed by atoms with Crippen LogP contribution in [0.1, 0.15) is 32.1 Å². The first-order valence-electron chi connectivity index (χ1n) is 6.32. The Balaban J connectivity index is 2.08. The molecule has 0 saturated heterocycles. The van der Waals surface area contributed by atoms with Crippen LogP contribution < -0.4 is 0 Å². The Kier molecular flexibility index (Phi) is 5.13. The molecule has 1 fully saturated rings. The molecule has 0 aliphatic heterocycles. The van der Waals surface area contributed by atoms with Gasteiger partial charge in [0.05, 0.1) is 5.92 Å². The lowest BCUT2D eigenvalue weighted by atomic mass is 10.0. The number of hydrogen-bond donors (Lipinski definition) is 1. The Morgan fingerprint density at radius 3 is 2.50 bits per heavy atom. The molecule has 2 rings (SSSR count). The van der Waals surface area contributed by atoms with Crippen molar-refractivity contribution in [2.75, 3.05) is 0 Å². The first-order chi connectivity index (χ1) is 8.66. The van der Waals surface area contributed by atoms with Crippen molar-refractivity contribution in [2.24, 2.45) is 5.92 Å². The van der Waals surface area contributed by atoms with Crippen molar-refractivity contribution in [3.63, 3.8) is 0 Å². The van der Waals surface area contributed by atoms with E-state index in [1.54, 1.807) is 11.8 Å². The van der Waals surface area contributed by atoms with Crippen LogP contribution in [0, 0.1) is 5.92 Å². The van der Waals surface area contributed by atoms with Gasteiger partial charge in [-0.05, 0) is 37.1 Å². The Labute approximate surface area is 120 Å². The van der Waals surface area contributed by atoms with E-state index in [0.29, 0.717) is 0 Å². The molecule has 18 heavy (non-hydrogen) atoms. The maximum atomic E-state index is 11.3. The zero-order chi connectivity index (χ0) is 13.0. The third-order valence-corrected chi connectivity index (χ3v) is 5.31. The second-order valence-electron chi connectivity index (χ2n) is 4.69. The van der Waals surface area contributed by atoms with Crippen LogP contribution in [0.5, 0.6) is 0 Å². The Bertz CT molecular complexity index is 405. The molecule has 1 aliphatic rings. The number of carboxylic acid groups (broad SMARTS) is 1. The molecule has 2 unspecified atom stereocenters. The maximum Gasteiger partial charge on any atom is 0.307 e. The zero-order valence-corrected chi connectivity index (χ0v) is 12.5. The number of halogens is 1. The number of benzene rings is 1. The summed E-state index contributed by atoms with van der Waals surface area (Å²) in [5.74, 6) is -0.826. The molecule has 2 atom stereocenters. The van der Waals surface area contributed by atoms with E-state index >= 15 is 0 Å². The number of carboxylic acids is 1. The third kappa shape index (κ3) is 3.75. The normalized spacial score (nSPS) is 24.5. The van der Waals surface area contributed by atoms with Gasteiger partial charge in [-0.3, -0.25) is 4.79 Å². The van der Waals surface area contributed by atoms with E-state index in [1.165, 1.54) is 6.42 Å². The fraction of sp³-hybridized carbons (Fsp3) is 0.500. The van der Waals surface area contributed by atoms with Crippen molar-refractivity contribution in [3.8, 4) is 0 Å². The quantitative estimate of drug-likeness (QED) is 0.825. The van der Waals surface area contributed by atoms with Crippen molar-refractivity contribution < 1.29 is 9.90 Å². The zero-order valence-electron chi connectivity index (χ0n) is 10.1. The summed E-state index contributed by atoms with van der Waals surface area (Å²) in [5.41, 5.74) is 0. The number of carbonyl (C=O) groups is 1. The average molecular weight is 329 g/mol. The molecule has 98 valence electrons. The molecule has 1 aliphatic carbocycles. The lowest BCUT2D eigenvalue weighted by Crippen LogP contribution is -2.24. The molecule has 1 aromatic carbocycles. The molecule has 0 bridgehead atoms. The fourth-order valence-corrected chi connectivity index (χ4v) is 3.99. The predicted octanol–water partition coefficient (Wildman–Crippen LogP) is 4.57. The molecule has 2 nitrogen and oxygen atoms in total. The van der Waals surface area contributed by atoms with Crippen LogP contribution in [0.15, 0.2) is 33.6 Å². The van der Waals surface area contributed by atoms with E-state index in [1.807, 2.05) is 12.1 Å². The molecule has 1 N–H and O–H groups in total. The summed E-state index contributed by atoms with van der Waals surface area (Å²) < 4.78 is 1.06. The highest BCUT2D eigenvalue weighted by Crippen LogP contribution is 2.37. The van der Waals surface area contributed by atoms with Crippen molar-refractivity contribution in [2.45, 2.75) is 42.2 Å². The van der Waals surface area contributed by atoms with Crippen LogP contribution in [0.4, 0.5) is 0 Å². The van der Waals surface area contributed by atoms with Gasteiger partial charge in [-0.25, -0.2) is 0 Å². The second-order valence-corrected chi connectivity index (χ2v) is 6.92. The van der Waals surface area contributed by atoms with Gasteiger partial charge < -0.3 is 5.11 Å². The Hall–Kier alpha value is -0.480. The van der Waals surface area contributed by atoms with Crippen LogP contribution in [0.2, 0.25) is 0 Å². The molecule has 1 aromatic rings. The van der Waals surface area contributed by atoms with Crippen molar-refractivity contribution in [3.05, 3.63) is 28.7 Å². The molecule has 1 saturated carbocycles. The number of hydrogen-bond acceptors (Lipinski definition) is 2. The summed E-state index contributed by atoms with van der Waals surface area (Å²) >= 11 is 5.14. The van der Waals surface area contributed by atoms with Crippen LogP contribution in [0.25, 0.3) is 0 Å².